The highest BCUT2D eigenvalue weighted by molar-refractivity contribution is 5.73. The third-order valence-electron chi connectivity index (χ3n) is 5.45. The van der Waals surface area contributed by atoms with Gasteiger partial charge in [0, 0.05) is 51.7 Å². The van der Waals surface area contributed by atoms with Crippen molar-refractivity contribution in [2.45, 2.75) is 25.6 Å². The Morgan fingerprint density at radius 2 is 1.87 bits per heavy atom. The lowest BCUT2D eigenvalue weighted by Crippen LogP contribution is -2.46. The second-order valence-electron chi connectivity index (χ2n) is 7.64. The number of piperazine rings is 1. The number of aryl methyl sites for hydroxylation is 1. The molecule has 2 N–H and O–H groups in total. The largest absolute Gasteiger partial charge is 0.416 e. The van der Waals surface area contributed by atoms with E-state index >= 15 is 0 Å². The molecule has 0 spiro atoms. The Balaban J connectivity index is 1.29. The number of unbranched alkanes of at least 4 members (excludes halogenated alkanes) is 1. The lowest BCUT2D eigenvalue weighted by molar-refractivity contribution is -0.137. The maximum atomic E-state index is 12.9. The third-order valence-corrected chi connectivity index (χ3v) is 5.45. The van der Waals surface area contributed by atoms with Gasteiger partial charge in [0.25, 0.3) is 0 Å². The SMILES string of the molecule is Cn1nccc1CNC(=O)NCCCCN1CCN(c2cccc(C(F)(F)F)c2)CC1. The van der Waals surface area contributed by atoms with Gasteiger partial charge in [-0.15, -0.1) is 0 Å². The first-order chi connectivity index (χ1) is 14.8. The predicted molar refractivity (Wildman–Crippen MR) is 113 cm³/mol. The Morgan fingerprint density at radius 3 is 2.55 bits per heavy atom. The minimum Gasteiger partial charge on any atom is -0.369 e. The van der Waals surface area contributed by atoms with Crippen LogP contribution in [0.2, 0.25) is 0 Å². The lowest BCUT2D eigenvalue weighted by atomic mass is 10.1. The van der Waals surface area contributed by atoms with Crippen LogP contribution in [0.5, 0.6) is 0 Å². The van der Waals surface area contributed by atoms with E-state index in [4.69, 9.17) is 0 Å². The number of halogens is 3. The van der Waals surface area contributed by atoms with Gasteiger partial charge in [-0.05, 0) is 43.7 Å². The summed E-state index contributed by atoms with van der Waals surface area (Å²) in [5, 5.41) is 9.71. The Labute approximate surface area is 180 Å². The van der Waals surface area contributed by atoms with Crippen molar-refractivity contribution in [3.8, 4) is 0 Å². The first-order valence-corrected chi connectivity index (χ1v) is 10.5. The summed E-state index contributed by atoms with van der Waals surface area (Å²) < 4.78 is 40.5. The molecule has 0 bridgehead atoms. The minimum atomic E-state index is -4.32. The van der Waals surface area contributed by atoms with Gasteiger partial charge in [-0.25, -0.2) is 4.79 Å². The zero-order valence-electron chi connectivity index (χ0n) is 17.7. The summed E-state index contributed by atoms with van der Waals surface area (Å²) in [7, 11) is 1.83. The molecule has 0 radical (unpaired) electrons. The standard InChI is InChI=1S/C21H29F3N6O/c1-28-19(7-9-27-28)16-26-20(31)25-8-2-3-10-29-11-13-30(14-12-29)18-6-4-5-17(15-18)21(22,23)24/h4-7,9,15H,2-3,8,10-14,16H2,1H3,(H2,25,26,31). The number of rotatable bonds is 8. The number of hydrogen-bond donors (Lipinski definition) is 2. The number of nitrogens with zero attached hydrogens (tertiary/aromatic N) is 4. The average molecular weight is 438 g/mol. The van der Waals surface area contributed by atoms with Crippen LogP contribution in [0.15, 0.2) is 36.5 Å². The minimum absolute atomic E-state index is 0.198. The second kappa shape index (κ2) is 10.5. The molecule has 1 fully saturated rings. The molecule has 0 aliphatic carbocycles. The average Bonchev–Trinajstić information content (AvgIpc) is 3.16. The Kier molecular flexibility index (Phi) is 7.78. The van der Waals surface area contributed by atoms with E-state index in [-0.39, 0.29) is 6.03 Å². The van der Waals surface area contributed by atoms with Crippen LogP contribution in [0.25, 0.3) is 0 Å². The number of anilines is 1. The second-order valence-corrected chi connectivity index (χ2v) is 7.64. The monoisotopic (exact) mass is 438 g/mol. The molecule has 2 amide bonds. The molecule has 0 unspecified atom stereocenters. The van der Waals surface area contributed by atoms with Crippen LogP contribution in [0.4, 0.5) is 23.7 Å². The molecule has 1 aromatic carbocycles. The van der Waals surface area contributed by atoms with Crippen molar-refractivity contribution >= 4 is 11.7 Å². The summed E-state index contributed by atoms with van der Waals surface area (Å²) in [6, 6.07) is 7.18. The number of alkyl halides is 3. The molecule has 7 nitrogen and oxygen atoms in total. The topological polar surface area (TPSA) is 65.4 Å². The van der Waals surface area contributed by atoms with Gasteiger partial charge in [0.15, 0.2) is 0 Å². The Morgan fingerprint density at radius 1 is 1.10 bits per heavy atom. The summed E-state index contributed by atoms with van der Waals surface area (Å²) in [5.74, 6) is 0. The number of benzene rings is 1. The summed E-state index contributed by atoms with van der Waals surface area (Å²) in [6.45, 7) is 4.98. The van der Waals surface area contributed by atoms with Gasteiger partial charge in [-0.1, -0.05) is 6.07 Å². The first kappa shape index (κ1) is 22.9. The smallest absolute Gasteiger partial charge is 0.369 e. The van der Waals surface area contributed by atoms with Gasteiger partial charge in [-0.2, -0.15) is 18.3 Å². The number of carbonyl (C=O) groups excluding carboxylic acids is 1. The van der Waals surface area contributed by atoms with E-state index in [2.05, 4.69) is 20.6 Å². The molecule has 1 aliphatic heterocycles. The molecule has 1 aliphatic rings. The molecule has 31 heavy (non-hydrogen) atoms. The predicted octanol–water partition coefficient (Wildman–Crippen LogP) is 2.84. The van der Waals surface area contributed by atoms with Crippen molar-refractivity contribution in [1.82, 2.24) is 25.3 Å². The Hall–Kier alpha value is -2.75. The molecule has 3 rings (SSSR count). The van der Waals surface area contributed by atoms with Gasteiger partial charge < -0.3 is 15.5 Å². The van der Waals surface area contributed by atoms with Crippen molar-refractivity contribution in [2.24, 2.45) is 7.05 Å². The van der Waals surface area contributed by atoms with Gasteiger partial charge in [0.2, 0.25) is 0 Å². The summed E-state index contributed by atoms with van der Waals surface area (Å²) in [6.07, 6.45) is -0.811. The highest BCUT2D eigenvalue weighted by atomic mass is 19.4. The van der Waals surface area contributed by atoms with E-state index in [0.717, 1.165) is 44.2 Å². The highest BCUT2D eigenvalue weighted by Gasteiger charge is 2.31. The molecule has 10 heteroatoms. The van der Waals surface area contributed by atoms with Crippen molar-refractivity contribution in [3.05, 3.63) is 47.8 Å². The molecule has 170 valence electrons. The normalized spacial score (nSPS) is 15.2. The number of hydrogen-bond acceptors (Lipinski definition) is 4. The molecule has 2 aromatic rings. The summed E-state index contributed by atoms with van der Waals surface area (Å²) in [5.41, 5.74) is 0.944. The lowest BCUT2D eigenvalue weighted by Gasteiger charge is -2.36. The molecular weight excluding hydrogens is 409 g/mol. The molecule has 0 atom stereocenters. The van der Waals surface area contributed by atoms with E-state index in [1.54, 1.807) is 16.9 Å². The van der Waals surface area contributed by atoms with Gasteiger partial charge in [0.1, 0.15) is 0 Å². The molecule has 1 saturated heterocycles. The zero-order valence-corrected chi connectivity index (χ0v) is 17.7. The number of nitrogens with one attached hydrogen (secondary N) is 2. The number of amides is 2. The summed E-state index contributed by atoms with van der Waals surface area (Å²) >= 11 is 0. The van der Waals surface area contributed by atoms with Crippen LogP contribution in [-0.2, 0) is 19.8 Å². The van der Waals surface area contributed by atoms with Crippen molar-refractivity contribution in [1.29, 1.82) is 0 Å². The van der Waals surface area contributed by atoms with Crippen LogP contribution in [-0.4, -0.2) is 60.0 Å². The summed E-state index contributed by atoms with van der Waals surface area (Å²) in [4.78, 5) is 16.1. The number of aromatic nitrogens is 2. The molecule has 1 aromatic heterocycles. The van der Waals surface area contributed by atoms with Crippen LogP contribution in [0, 0.1) is 0 Å². The van der Waals surface area contributed by atoms with E-state index in [9.17, 15) is 18.0 Å². The fourth-order valence-corrected chi connectivity index (χ4v) is 3.58. The van der Waals surface area contributed by atoms with Crippen LogP contribution >= 0.6 is 0 Å². The fourth-order valence-electron chi connectivity index (χ4n) is 3.58. The van der Waals surface area contributed by atoms with Gasteiger partial charge in [-0.3, -0.25) is 9.58 Å². The highest BCUT2D eigenvalue weighted by Crippen LogP contribution is 2.31. The van der Waals surface area contributed by atoms with Crippen LogP contribution in [0.3, 0.4) is 0 Å². The molecule has 0 saturated carbocycles. The zero-order chi connectivity index (χ0) is 22.3. The van der Waals surface area contributed by atoms with E-state index < -0.39 is 11.7 Å². The van der Waals surface area contributed by atoms with E-state index in [0.29, 0.717) is 31.9 Å². The quantitative estimate of drug-likeness (QED) is 0.622. The van der Waals surface area contributed by atoms with E-state index in [1.165, 1.54) is 12.1 Å². The van der Waals surface area contributed by atoms with Gasteiger partial charge in [0.05, 0.1) is 17.8 Å². The molecular formula is C21H29F3N6O. The van der Waals surface area contributed by atoms with Crippen molar-refractivity contribution < 1.29 is 18.0 Å². The molecule has 2 heterocycles. The Bertz CT molecular complexity index is 846. The fraction of sp³-hybridized carbons (Fsp3) is 0.524. The maximum Gasteiger partial charge on any atom is 0.416 e. The van der Waals surface area contributed by atoms with Gasteiger partial charge >= 0.3 is 12.2 Å². The third kappa shape index (κ3) is 6.88. The van der Waals surface area contributed by atoms with Crippen molar-refractivity contribution in [2.75, 3.05) is 44.2 Å². The van der Waals surface area contributed by atoms with Crippen LogP contribution < -0.4 is 15.5 Å². The maximum absolute atomic E-state index is 12.9. The first-order valence-electron chi connectivity index (χ1n) is 10.5. The number of urea groups is 1. The van der Waals surface area contributed by atoms with E-state index in [1.807, 2.05) is 18.0 Å². The van der Waals surface area contributed by atoms with Crippen molar-refractivity contribution in [3.63, 3.8) is 0 Å². The van der Waals surface area contributed by atoms with Crippen LogP contribution in [0.1, 0.15) is 24.1 Å². The number of carbonyl (C=O) groups is 1.